The van der Waals surface area contributed by atoms with E-state index in [0.717, 1.165) is 0 Å². The third-order valence-electron chi connectivity index (χ3n) is 2.88. The molecule has 0 N–H and O–H groups in total. The van der Waals surface area contributed by atoms with Gasteiger partial charge in [0.25, 0.3) is 0 Å². The van der Waals surface area contributed by atoms with Gasteiger partial charge in [0.05, 0.1) is 25.4 Å². The zero-order valence-electron chi connectivity index (χ0n) is 14.1. The lowest BCUT2D eigenvalue weighted by molar-refractivity contribution is -0.145. The van der Waals surface area contributed by atoms with Crippen molar-refractivity contribution < 1.29 is 23.8 Å². The van der Waals surface area contributed by atoms with Crippen LogP contribution in [-0.4, -0.2) is 54.0 Å². The van der Waals surface area contributed by atoms with Crippen LogP contribution in [0, 0.1) is 0 Å². The molecule has 1 aliphatic heterocycles. The van der Waals surface area contributed by atoms with E-state index in [1.165, 1.54) is 12.0 Å². The lowest BCUT2D eigenvalue weighted by atomic mass is 10.1. The van der Waals surface area contributed by atoms with Gasteiger partial charge in [-0.1, -0.05) is 0 Å². The molecule has 0 aromatic heterocycles. The molecule has 2 atom stereocenters. The third kappa shape index (κ3) is 5.53. The highest BCUT2D eigenvalue weighted by molar-refractivity contribution is 5.82. The first kappa shape index (κ1) is 17.8. The fourth-order valence-corrected chi connectivity index (χ4v) is 2.26. The van der Waals surface area contributed by atoms with Crippen LogP contribution in [0.5, 0.6) is 0 Å². The normalized spacial score (nSPS) is 23.1. The first-order valence-electron chi connectivity index (χ1n) is 7.18. The number of ether oxygens (including phenoxy) is 3. The lowest BCUT2D eigenvalue weighted by Gasteiger charge is -2.27. The summed E-state index contributed by atoms with van der Waals surface area (Å²) in [4.78, 5) is 25.5. The lowest BCUT2D eigenvalue weighted by Crippen LogP contribution is -2.44. The highest BCUT2D eigenvalue weighted by Gasteiger charge is 2.43. The molecule has 0 unspecified atom stereocenters. The summed E-state index contributed by atoms with van der Waals surface area (Å²) in [6, 6.07) is -0.655. The molecule has 0 aromatic rings. The topological polar surface area (TPSA) is 65.1 Å². The number of nitrogens with zero attached hydrogens (tertiary/aromatic N) is 1. The van der Waals surface area contributed by atoms with Gasteiger partial charge < -0.3 is 14.2 Å². The Morgan fingerprint density at radius 2 is 1.62 bits per heavy atom. The van der Waals surface area contributed by atoms with Crippen molar-refractivity contribution in [3.8, 4) is 0 Å². The van der Waals surface area contributed by atoms with Crippen LogP contribution in [0.3, 0.4) is 0 Å². The van der Waals surface area contributed by atoms with Crippen LogP contribution in [0.2, 0.25) is 0 Å². The number of rotatable bonds is 2. The molecular formula is C15H27NO5. The van der Waals surface area contributed by atoms with Gasteiger partial charge in [-0.25, -0.2) is 9.59 Å². The molecule has 6 heteroatoms. The molecule has 21 heavy (non-hydrogen) atoms. The fraction of sp³-hybridized carbons (Fsp3) is 0.867. The highest BCUT2D eigenvalue weighted by Crippen LogP contribution is 2.27. The van der Waals surface area contributed by atoms with Gasteiger partial charge in [-0.05, 0) is 41.5 Å². The van der Waals surface area contributed by atoms with Gasteiger partial charge in [0, 0.05) is 6.42 Å². The molecule has 1 heterocycles. The molecule has 0 aromatic carbocycles. The summed E-state index contributed by atoms with van der Waals surface area (Å²) in [6.07, 6.45) is -0.303. The number of carbonyl (C=O) groups excluding carboxylic acids is 2. The second kappa shape index (κ2) is 6.22. The quantitative estimate of drug-likeness (QED) is 0.733. The number of amides is 1. The van der Waals surface area contributed by atoms with Gasteiger partial charge in [-0.15, -0.1) is 0 Å². The molecule has 1 fully saturated rings. The minimum atomic E-state index is -0.655. The van der Waals surface area contributed by atoms with Crippen LogP contribution >= 0.6 is 0 Å². The Morgan fingerprint density at radius 1 is 1.05 bits per heavy atom. The van der Waals surface area contributed by atoms with E-state index in [9.17, 15) is 9.59 Å². The number of methoxy groups -OCH3 is 1. The minimum Gasteiger partial charge on any atom is -0.467 e. The molecule has 0 radical (unpaired) electrons. The predicted molar refractivity (Wildman–Crippen MR) is 78.0 cm³/mol. The van der Waals surface area contributed by atoms with Crippen LogP contribution in [0.25, 0.3) is 0 Å². The highest BCUT2D eigenvalue weighted by atomic mass is 16.6. The van der Waals surface area contributed by atoms with Crippen LogP contribution in [-0.2, 0) is 19.0 Å². The smallest absolute Gasteiger partial charge is 0.411 e. The van der Waals surface area contributed by atoms with Gasteiger partial charge in [0.15, 0.2) is 0 Å². The number of esters is 1. The molecule has 0 aliphatic carbocycles. The van der Waals surface area contributed by atoms with Crippen LogP contribution in [0.15, 0.2) is 0 Å². The average Bonchev–Trinajstić information content (AvgIpc) is 2.67. The van der Waals surface area contributed by atoms with Crippen LogP contribution < -0.4 is 0 Å². The maximum atomic E-state index is 12.2. The van der Waals surface area contributed by atoms with Gasteiger partial charge in [-0.3, -0.25) is 4.90 Å². The fourth-order valence-electron chi connectivity index (χ4n) is 2.26. The van der Waals surface area contributed by atoms with E-state index < -0.39 is 23.7 Å². The summed E-state index contributed by atoms with van der Waals surface area (Å²) >= 11 is 0. The minimum absolute atomic E-state index is 0.207. The molecular weight excluding hydrogens is 274 g/mol. The molecule has 0 spiro atoms. The summed E-state index contributed by atoms with van der Waals surface area (Å²) in [6.45, 7) is 11.5. The Morgan fingerprint density at radius 3 is 2.05 bits per heavy atom. The van der Waals surface area contributed by atoms with Crippen molar-refractivity contribution in [1.29, 1.82) is 0 Å². The molecule has 0 saturated carbocycles. The summed E-state index contributed by atoms with van der Waals surface area (Å²) in [5.74, 6) is -0.444. The molecule has 1 amide bonds. The standard InChI is InChI=1S/C15H27NO5/c1-14(2,3)20-10-8-11(12(17)19-7)16(9-10)13(18)21-15(4,5)6/h10-11H,8-9H2,1-7H3/t10-,11-/m1/s1. The van der Waals surface area contributed by atoms with E-state index in [-0.39, 0.29) is 11.7 Å². The van der Waals surface area contributed by atoms with Crippen LogP contribution in [0.4, 0.5) is 4.79 Å². The SMILES string of the molecule is COC(=O)[C@H]1C[C@@H](OC(C)(C)C)CN1C(=O)OC(C)(C)C. The van der Waals surface area contributed by atoms with E-state index in [1.807, 2.05) is 20.8 Å². The van der Waals surface area contributed by atoms with E-state index in [4.69, 9.17) is 14.2 Å². The van der Waals surface area contributed by atoms with Gasteiger partial charge in [0.1, 0.15) is 11.6 Å². The van der Waals surface area contributed by atoms with Crippen molar-refractivity contribution in [2.45, 2.75) is 71.3 Å². The molecule has 1 aliphatic rings. The number of hydrogen-bond acceptors (Lipinski definition) is 5. The van der Waals surface area contributed by atoms with Crippen molar-refractivity contribution in [3.63, 3.8) is 0 Å². The third-order valence-corrected chi connectivity index (χ3v) is 2.88. The zero-order chi connectivity index (χ0) is 16.4. The van der Waals surface area contributed by atoms with Crippen molar-refractivity contribution in [2.24, 2.45) is 0 Å². The first-order chi connectivity index (χ1) is 9.43. The second-order valence-corrected chi connectivity index (χ2v) is 7.26. The maximum absolute atomic E-state index is 12.2. The van der Waals surface area contributed by atoms with E-state index in [1.54, 1.807) is 20.8 Å². The summed E-state index contributed by atoms with van der Waals surface area (Å²) in [7, 11) is 1.31. The summed E-state index contributed by atoms with van der Waals surface area (Å²) in [5, 5.41) is 0. The monoisotopic (exact) mass is 301 g/mol. The van der Waals surface area contributed by atoms with E-state index in [2.05, 4.69) is 0 Å². The second-order valence-electron chi connectivity index (χ2n) is 7.26. The van der Waals surface area contributed by atoms with Gasteiger partial charge in [0.2, 0.25) is 0 Å². The molecule has 6 nitrogen and oxygen atoms in total. The molecule has 1 rings (SSSR count). The largest absolute Gasteiger partial charge is 0.467 e. The van der Waals surface area contributed by atoms with Gasteiger partial charge in [-0.2, -0.15) is 0 Å². The van der Waals surface area contributed by atoms with Crippen molar-refractivity contribution >= 4 is 12.1 Å². The summed E-state index contributed by atoms with van der Waals surface area (Å²) < 4.78 is 16.0. The predicted octanol–water partition coefficient (Wildman–Crippen LogP) is 2.35. The molecule has 122 valence electrons. The number of hydrogen-bond donors (Lipinski definition) is 0. The average molecular weight is 301 g/mol. The first-order valence-corrected chi connectivity index (χ1v) is 7.18. The van der Waals surface area contributed by atoms with Crippen molar-refractivity contribution in [2.75, 3.05) is 13.7 Å². The Balaban J connectivity index is 2.83. The number of likely N-dealkylation sites (tertiary alicyclic amines) is 1. The van der Waals surface area contributed by atoms with Crippen LogP contribution in [0.1, 0.15) is 48.0 Å². The number of carbonyl (C=O) groups is 2. The van der Waals surface area contributed by atoms with Crippen molar-refractivity contribution in [1.82, 2.24) is 4.90 Å². The Hall–Kier alpha value is -1.30. The Kier molecular flexibility index (Phi) is 5.25. The van der Waals surface area contributed by atoms with E-state index in [0.29, 0.717) is 13.0 Å². The summed E-state index contributed by atoms with van der Waals surface area (Å²) in [5.41, 5.74) is -0.948. The van der Waals surface area contributed by atoms with Gasteiger partial charge >= 0.3 is 12.1 Å². The van der Waals surface area contributed by atoms with Crippen molar-refractivity contribution in [3.05, 3.63) is 0 Å². The maximum Gasteiger partial charge on any atom is 0.411 e. The Labute approximate surface area is 126 Å². The molecule has 1 saturated heterocycles. The molecule has 0 bridgehead atoms. The zero-order valence-corrected chi connectivity index (χ0v) is 14.1. The van der Waals surface area contributed by atoms with E-state index >= 15 is 0 Å². The Bertz CT molecular complexity index is 394.